The molecule has 4 nitrogen and oxygen atoms in total. The van der Waals surface area contributed by atoms with E-state index in [0.717, 1.165) is 0 Å². The van der Waals surface area contributed by atoms with E-state index in [0.29, 0.717) is 0 Å². The standard InChI is InChI=1S/C50H28N4/c1-5-19-41-31(11-1)32-12-2-6-20-42(32)51(41)29-23-25-45-39(27-29)34-14-4-7-21-43(34)52(45)30-24-26-46-40(28-30)36-16-10-18-38-47-37-17-9-15-35-33-13-3-8-22-44(33)53(48(35)37)50(47)54(46)49(36)38/h1-28H. The molecule has 0 saturated carbocycles. The molecule has 0 aliphatic rings. The average Bonchev–Trinajstić information content (AvgIpc) is 4.05. The molecule has 0 atom stereocenters. The van der Waals surface area contributed by atoms with Gasteiger partial charge in [-0.1, -0.05) is 109 Å². The van der Waals surface area contributed by atoms with Crippen LogP contribution in [0.1, 0.15) is 0 Å². The SMILES string of the molecule is c1ccc2c(c1)c1ccccc1n2-c1ccc2c(c1)c1ccccc1n2-c1ccc2c(c1)c1cccc3c4c5cccc6c7ccccc7n(c65)c4n2c13. The Kier molecular flexibility index (Phi) is 4.75. The molecule has 8 aromatic carbocycles. The van der Waals surface area contributed by atoms with E-state index in [1.54, 1.807) is 0 Å². The van der Waals surface area contributed by atoms with Crippen molar-refractivity contribution >= 4 is 109 Å². The molecule has 0 unspecified atom stereocenters. The van der Waals surface area contributed by atoms with E-state index >= 15 is 0 Å². The van der Waals surface area contributed by atoms with E-state index in [9.17, 15) is 0 Å². The maximum Gasteiger partial charge on any atom is 0.131 e. The van der Waals surface area contributed by atoms with Crippen molar-refractivity contribution in [3.05, 3.63) is 170 Å². The first kappa shape index (κ1) is 27.4. The number of hydrogen-bond donors (Lipinski definition) is 0. The van der Waals surface area contributed by atoms with Crippen LogP contribution in [-0.2, 0) is 0 Å². The van der Waals surface area contributed by atoms with Crippen molar-refractivity contribution in [2.24, 2.45) is 0 Å². The first-order valence-corrected chi connectivity index (χ1v) is 18.7. The zero-order chi connectivity index (χ0) is 34.8. The maximum absolute atomic E-state index is 2.54. The molecule has 0 aliphatic heterocycles. The number of rotatable bonds is 2. The topological polar surface area (TPSA) is 18.7 Å². The summed E-state index contributed by atoms with van der Waals surface area (Å²) < 4.78 is 9.93. The van der Waals surface area contributed by atoms with Crippen LogP contribution >= 0.6 is 0 Å². The third kappa shape index (κ3) is 3.07. The van der Waals surface area contributed by atoms with Gasteiger partial charge in [-0.2, -0.15) is 0 Å². The second-order valence-electron chi connectivity index (χ2n) is 14.9. The summed E-state index contributed by atoms with van der Waals surface area (Å²) in [7, 11) is 0. The summed E-state index contributed by atoms with van der Waals surface area (Å²) in [6.45, 7) is 0. The molecule has 248 valence electrons. The second-order valence-corrected chi connectivity index (χ2v) is 14.9. The van der Waals surface area contributed by atoms with Crippen LogP contribution in [-0.4, -0.2) is 17.9 Å². The van der Waals surface area contributed by atoms with Crippen molar-refractivity contribution in [2.75, 3.05) is 0 Å². The van der Waals surface area contributed by atoms with Crippen molar-refractivity contribution in [2.45, 2.75) is 0 Å². The van der Waals surface area contributed by atoms with Crippen molar-refractivity contribution in [3.63, 3.8) is 0 Å². The molecule has 0 N–H and O–H groups in total. The number of nitrogens with zero attached hydrogens (tertiary/aromatic N) is 4. The molecule has 4 heteroatoms. The number of para-hydroxylation sites is 6. The normalized spacial score (nSPS) is 12.8. The summed E-state index contributed by atoms with van der Waals surface area (Å²) in [5, 5.41) is 14.2. The predicted molar refractivity (Wildman–Crippen MR) is 227 cm³/mol. The molecule has 0 fully saturated rings. The van der Waals surface area contributed by atoms with Crippen LogP contribution < -0.4 is 0 Å². The molecule has 0 saturated heterocycles. The minimum absolute atomic E-state index is 1.17. The highest BCUT2D eigenvalue weighted by Gasteiger charge is 2.26. The summed E-state index contributed by atoms with van der Waals surface area (Å²) in [4.78, 5) is 0. The van der Waals surface area contributed by atoms with E-state index in [4.69, 9.17) is 0 Å². The summed E-state index contributed by atoms with van der Waals surface area (Å²) in [6.07, 6.45) is 0. The average molecular weight is 685 g/mol. The van der Waals surface area contributed by atoms with E-state index in [2.05, 4.69) is 188 Å². The highest BCUT2D eigenvalue weighted by Crippen LogP contribution is 2.47. The largest absolute Gasteiger partial charge is 0.309 e. The lowest BCUT2D eigenvalue weighted by molar-refractivity contribution is 1.17. The fourth-order valence-corrected chi connectivity index (χ4v) is 10.3. The quantitative estimate of drug-likeness (QED) is 0.173. The molecule has 0 bridgehead atoms. The molecule has 0 aliphatic carbocycles. The van der Waals surface area contributed by atoms with Crippen LogP contribution in [0.3, 0.4) is 0 Å². The number of fused-ring (bicyclic) bond motifs is 17. The zero-order valence-corrected chi connectivity index (χ0v) is 29.0. The van der Waals surface area contributed by atoms with Gasteiger partial charge in [0.2, 0.25) is 0 Å². The minimum Gasteiger partial charge on any atom is -0.309 e. The number of aromatic nitrogens is 4. The van der Waals surface area contributed by atoms with Crippen molar-refractivity contribution in [1.29, 1.82) is 0 Å². The Labute approximate surface area is 307 Å². The summed E-state index contributed by atoms with van der Waals surface area (Å²) >= 11 is 0. The van der Waals surface area contributed by atoms with E-state index in [1.165, 1.54) is 120 Å². The van der Waals surface area contributed by atoms with Crippen LogP contribution in [0.5, 0.6) is 0 Å². The van der Waals surface area contributed by atoms with Gasteiger partial charge in [-0.15, -0.1) is 0 Å². The molecule has 6 heterocycles. The van der Waals surface area contributed by atoms with Crippen LogP contribution in [0.25, 0.3) is 120 Å². The smallest absolute Gasteiger partial charge is 0.131 e. The second kappa shape index (κ2) is 9.37. The van der Waals surface area contributed by atoms with Crippen LogP contribution in [0.15, 0.2) is 170 Å². The summed E-state index contributed by atoms with van der Waals surface area (Å²) in [5.74, 6) is 0. The molecule has 0 amide bonds. The maximum atomic E-state index is 2.54. The molecular weight excluding hydrogens is 657 g/mol. The molecule has 6 aromatic heterocycles. The van der Waals surface area contributed by atoms with Crippen molar-refractivity contribution in [3.8, 4) is 11.4 Å². The van der Waals surface area contributed by atoms with Gasteiger partial charge in [-0.05, 0) is 60.7 Å². The summed E-state index contributed by atoms with van der Waals surface area (Å²) in [5.41, 5.74) is 13.6. The van der Waals surface area contributed by atoms with Crippen molar-refractivity contribution < 1.29 is 0 Å². The Bertz CT molecular complexity index is 3850. The van der Waals surface area contributed by atoms with Gasteiger partial charge in [0.15, 0.2) is 0 Å². The number of hydrogen-bond acceptors (Lipinski definition) is 0. The van der Waals surface area contributed by atoms with Crippen LogP contribution in [0.2, 0.25) is 0 Å². The highest BCUT2D eigenvalue weighted by atomic mass is 15.1. The minimum atomic E-state index is 1.17. The van der Waals surface area contributed by atoms with E-state index < -0.39 is 0 Å². The Morgan fingerprint density at radius 2 is 0.611 bits per heavy atom. The Balaban J connectivity index is 1.06. The lowest BCUT2D eigenvalue weighted by atomic mass is 10.1. The van der Waals surface area contributed by atoms with Gasteiger partial charge >= 0.3 is 0 Å². The summed E-state index contributed by atoms with van der Waals surface area (Å²) in [6, 6.07) is 63.0. The molecule has 54 heavy (non-hydrogen) atoms. The first-order valence-electron chi connectivity index (χ1n) is 18.7. The Morgan fingerprint density at radius 1 is 0.259 bits per heavy atom. The highest BCUT2D eigenvalue weighted by molar-refractivity contribution is 6.33. The van der Waals surface area contributed by atoms with Gasteiger partial charge in [0.25, 0.3) is 0 Å². The van der Waals surface area contributed by atoms with Crippen LogP contribution in [0.4, 0.5) is 0 Å². The van der Waals surface area contributed by atoms with E-state index in [1.807, 2.05) is 0 Å². The van der Waals surface area contributed by atoms with Gasteiger partial charge in [-0.3, -0.25) is 8.80 Å². The van der Waals surface area contributed by atoms with Gasteiger partial charge in [0.05, 0.1) is 44.1 Å². The predicted octanol–water partition coefficient (Wildman–Crippen LogP) is 13.0. The third-order valence-electron chi connectivity index (χ3n) is 12.4. The van der Waals surface area contributed by atoms with Crippen LogP contribution in [0, 0.1) is 0 Å². The van der Waals surface area contributed by atoms with E-state index in [-0.39, 0.29) is 0 Å². The van der Waals surface area contributed by atoms with Gasteiger partial charge in [-0.25, -0.2) is 0 Å². The molecule has 0 radical (unpaired) electrons. The Hall–Kier alpha value is -7.30. The fraction of sp³-hybridized carbons (Fsp3) is 0. The lowest BCUT2D eigenvalue weighted by Gasteiger charge is -2.11. The monoisotopic (exact) mass is 684 g/mol. The molecule has 0 spiro atoms. The Morgan fingerprint density at radius 3 is 1.17 bits per heavy atom. The van der Waals surface area contributed by atoms with Gasteiger partial charge < -0.3 is 9.13 Å². The molecule has 14 rings (SSSR count). The zero-order valence-electron chi connectivity index (χ0n) is 29.0. The lowest BCUT2D eigenvalue weighted by Crippen LogP contribution is -1.96. The van der Waals surface area contributed by atoms with Crippen molar-refractivity contribution in [1.82, 2.24) is 17.9 Å². The number of benzene rings is 8. The van der Waals surface area contributed by atoms with Gasteiger partial charge in [0.1, 0.15) is 5.65 Å². The van der Waals surface area contributed by atoms with Gasteiger partial charge in [0, 0.05) is 70.6 Å². The fourth-order valence-electron chi connectivity index (χ4n) is 10.3. The molecule has 14 aromatic rings. The third-order valence-corrected chi connectivity index (χ3v) is 12.4. The first-order chi connectivity index (χ1) is 26.8. The molecular formula is C50H28N4.